The third-order valence-corrected chi connectivity index (χ3v) is 6.57. The molecule has 0 aromatic heterocycles. The van der Waals surface area contributed by atoms with Crippen LogP contribution >= 0.6 is 11.6 Å². The molecule has 1 N–H and O–H groups in total. The molecular formula is C22H18ClN3O5S. The van der Waals surface area contributed by atoms with Crippen LogP contribution < -0.4 is 19.2 Å². The first kappa shape index (κ1) is 21.7. The van der Waals surface area contributed by atoms with E-state index in [1.165, 1.54) is 30.5 Å². The maximum atomic E-state index is 13.2. The van der Waals surface area contributed by atoms with Gasteiger partial charge in [0.25, 0.3) is 15.9 Å². The largest absolute Gasteiger partial charge is 0.454 e. The Morgan fingerprint density at radius 2 is 1.75 bits per heavy atom. The minimum atomic E-state index is -4.00. The Balaban J connectivity index is 1.51. The summed E-state index contributed by atoms with van der Waals surface area (Å²) >= 11 is 5.93. The quantitative estimate of drug-likeness (QED) is 0.420. The number of benzene rings is 3. The summed E-state index contributed by atoms with van der Waals surface area (Å²) in [6.45, 7) is -0.319. The van der Waals surface area contributed by atoms with Gasteiger partial charge in [-0.05, 0) is 60.2 Å². The van der Waals surface area contributed by atoms with Gasteiger partial charge in [-0.25, -0.2) is 13.8 Å². The van der Waals surface area contributed by atoms with Crippen LogP contribution in [0.1, 0.15) is 5.56 Å². The molecule has 1 aliphatic heterocycles. The molecule has 0 aliphatic carbocycles. The second kappa shape index (κ2) is 9.29. The smallest absolute Gasteiger partial charge is 0.264 e. The highest BCUT2D eigenvalue weighted by Gasteiger charge is 2.27. The van der Waals surface area contributed by atoms with Crippen molar-refractivity contribution in [3.63, 3.8) is 0 Å². The van der Waals surface area contributed by atoms with Crippen molar-refractivity contribution in [2.75, 3.05) is 17.6 Å². The second-order valence-electron chi connectivity index (χ2n) is 6.71. The van der Waals surface area contributed by atoms with Crippen molar-refractivity contribution < 1.29 is 22.7 Å². The second-order valence-corrected chi connectivity index (χ2v) is 9.01. The highest BCUT2D eigenvalue weighted by Crippen LogP contribution is 2.32. The molecule has 164 valence electrons. The summed E-state index contributed by atoms with van der Waals surface area (Å²) in [4.78, 5) is 12.6. The summed E-state index contributed by atoms with van der Waals surface area (Å²) in [7, 11) is -4.00. The lowest BCUT2D eigenvalue weighted by atomic mass is 10.2. The molecule has 4 rings (SSSR count). The Kier molecular flexibility index (Phi) is 6.29. The molecule has 0 saturated heterocycles. The van der Waals surface area contributed by atoms with Crippen LogP contribution in [0.15, 0.2) is 82.8 Å². The fourth-order valence-electron chi connectivity index (χ4n) is 2.98. The average molecular weight is 472 g/mol. The van der Waals surface area contributed by atoms with Gasteiger partial charge in [0.15, 0.2) is 11.5 Å². The van der Waals surface area contributed by atoms with E-state index in [0.717, 1.165) is 4.31 Å². The fraction of sp³-hybridized carbons (Fsp3) is 0.0909. The van der Waals surface area contributed by atoms with Crippen LogP contribution in [0.5, 0.6) is 11.5 Å². The molecule has 0 fully saturated rings. The molecule has 0 unspecified atom stereocenters. The summed E-state index contributed by atoms with van der Waals surface area (Å²) < 4.78 is 38.0. The molecule has 0 bridgehead atoms. The Morgan fingerprint density at radius 3 is 2.50 bits per heavy atom. The summed E-state index contributed by atoms with van der Waals surface area (Å²) in [6, 6.07) is 19.3. The molecule has 3 aromatic rings. The van der Waals surface area contributed by atoms with Crippen LogP contribution in [0.3, 0.4) is 0 Å². The molecule has 1 heterocycles. The molecule has 10 heteroatoms. The van der Waals surface area contributed by atoms with Crippen molar-refractivity contribution >= 4 is 39.4 Å². The Hall–Kier alpha value is -3.56. The van der Waals surface area contributed by atoms with Gasteiger partial charge < -0.3 is 9.47 Å². The van der Waals surface area contributed by atoms with Crippen molar-refractivity contribution in [2.24, 2.45) is 5.10 Å². The first-order valence-electron chi connectivity index (χ1n) is 9.48. The van der Waals surface area contributed by atoms with Gasteiger partial charge in [-0.15, -0.1) is 0 Å². The lowest BCUT2D eigenvalue weighted by molar-refractivity contribution is -0.119. The number of hydrogen-bond donors (Lipinski definition) is 1. The minimum absolute atomic E-state index is 0.0617. The molecule has 1 aliphatic rings. The zero-order chi connectivity index (χ0) is 22.6. The van der Waals surface area contributed by atoms with Crippen LogP contribution in [0, 0.1) is 0 Å². The number of rotatable bonds is 7. The van der Waals surface area contributed by atoms with Gasteiger partial charge in [0.2, 0.25) is 6.79 Å². The number of sulfonamides is 1. The standard InChI is InChI=1S/C22H18ClN3O5S/c23-17-7-9-18(10-8-17)26(32(28,29)19-4-2-1-3-5-19)14-22(27)25-24-13-16-6-11-20-21(12-16)31-15-30-20/h1-13H,14-15H2,(H,25,27)/b24-13-. The van der Waals surface area contributed by atoms with Crippen LogP contribution in [-0.4, -0.2) is 33.9 Å². The van der Waals surface area contributed by atoms with E-state index in [9.17, 15) is 13.2 Å². The highest BCUT2D eigenvalue weighted by molar-refractivity contribution is 7.92. The van der Waals surface area contributed by atoms with Gasteiger partial charge in [-0.2, -0.15) is 5.10 Å². The lowest BCUT2D eigenvalue weighted by Crippen LogP contribution is -2.39. The number of hydrogen-bond acceptors (Lipinski definition) is 6. The maximum absolute atomic E-state index is 13.2. The van der Waals surface area contributed by atoms with E-state index in [-0.39, 0.29) is 11.7 Å². The van der Waals surface area contributed by atoms with Crippen molar-refractivity contribution in [1.29, 1.82) is 0 Å². The highest BCUT2D eigenvalue weighted by atomic mass is 35.5. The first-order valence-corrected chi connectivity index (χ1v) is 11.3. The third kappa shape index (κ3) is 4.84. The normalized spacial score (nSPS) is 12.7. The number of fused-ring (bicyclic) bond motifs is 1. The Labute approximate surface area is 190 Å². The van der Waals surface area contributed by atoms with E-state index in [0.29, 0.717) is 27.8 Å². The van der Waals surface area contributed by atoms with E-state index in [2.05, 4.69) is 10.5 Å². The van der Waals surface area contributed by atoms with Crippen LogP contribution in [0.25, 0.3) is 0 Å². The molecule has 0 atom stereocenters. The van der Waals surface area contributed by atoms with Crippen LogP contribution in [0.2, 0.25) is 5.02 Å². The molecular weight excluding hydrogens is 454 g/mol. The van der Waals surface area contributed by atoms with Crippen molar-refractivity contribution in [2.45, 2.75) is 4.90 Å². The summed E-state index contributed by atoms with van der Waals surface area (Å²) in [6.07, 6.45) is 1.43. The van der Waals surface area contributed by atoms with Gasteiger partial charge in [-0.3, -0.25) is 9.10 Å². The zero-order valence-corrected chi connectivity index (χ0v) is 18.2. The van der Waals surface area contributed by atoms with Crippen molar-refractivity contribution in [3.8, 4) is 11.5 Å². The molecule has 0 spiro atoms. The van der Waals surface area contributed by atoms with E-state index in [1.54, 1.807) is 48.5 Å². The van der Waals surface area contributed by atoms with Crippen molar-refractivity contribution in [3.05, 3.63) is 83.4 Å². The molecule has 1 amide bonds. The average Bonchev–Trinajstić information content (AvgIpc) is 3.27. The number of nitrogens with one attached hydrogen (secondary N) is 1. The van der Waals surface area contributed by atoms with Crippen LogP contribution in [-0.2, 0) is 14.8 Å². The zero-order valence-electron chi connectivity index (χ0n) is 16.6. The van der Waals surface area contributed by atoms with E-state index >= 15 is 0 Å². The summed E-state index contributed by atoms with van der Waals surface area (Å²) in [5.74, 6) is 0.607. The molecule has 0 saturated carbocycles. The van der Waals surface area contributed by atoms with Crippen LogP contribution in [0.4, 0.5) is 5.69 Å². The number of carbonyl (C=O) groups excluding carboxylic acids is 1. The van der Waals surface area contributed by atoms with Gasteiger partial charge in [0, 0.05) is 5.02 Å². The Morgan fingerprint density at radius 1 is 1.03 bits per heavy atom. The maximum Gasteiger partial charge on any atom is 0.264 e. The topological polar surface area (TPSA) is 97.3 Å². The monoisotopic (exact) mass is 471 g/mol. The fourth-order valence-corrected chi connectivity index (χ4v) is 4.55. The number of nitrogens with zero attached hydrogens (tertiary/aromatic N) is 2. The van der Waals surface area contributed by atoms with Gasteiger partial charge in [-0.1, -0.05) is 29.8 Å². The molecule has 8 nitrogen and oxygen atoms in total. The predicted molar refractivity (Wildman–Crippen MR) is 121 cm³/mol. The van der Waals surface area contributed by atoms with E-state index in [1.807, 2.05) is 0 Å². The van der Waals surface area contributed by atoms with Crippen molar-refractivity contribution in [1.82, 2.24) is 5.43 Å². The Bertz CT molecular complexity index is 1250. The van der Waals surface area contributed by atoms with E-state index < -0.39 is 22.5 Å². The van der Waals surface area contributed by atoms with E-state index in [4.69, 9.17) is 21.1 Å². The number of anilines is 1. The number of carbonyl (C=O) groups is 1. The third-order valence-electron chi connectivity index (χ3n) is 4.53. The number of amides is 1. The number of hydrazone groups is 1. The predicted octanol–water partition coefficient (Wildman–Crippen LogP) is 3.41. The summed E-state index contributed by atoms with van der Waals surface area (Å²) in [5.41, 5.74) is 3.34. The SMILES string of the molecule is O=C(CN(c1ccc(Cl)cc1)S(=O)(=O)c1ccccc1)N/N=C\c1ccc2c(c1)OCO2. The number of ether oxygens (including phenoxy) is 2. The number of halogens is 1. The first-order chi connectivity index (χ1) is 15.4. The lowest BCUT2D eigenvalue weighted by Gasteiger charge is -2.23. The molecule has 32 heavy (non-hydrogen) atoms. The summed E-state index contributed by atoms with van der Waals surface area (Å²) in [5, 5.41) is 4.37. The minimum Gasteiger partial charge on any atom is -0.454 e. The van der Waals surface area contributed by atoms with Gasteiger partial charge >= 0.3 is 0 Å². The molecule has 3 aromatic carbocycles. The van der Waals surface area contributed by atoms with Gasteiger partial charge in [0.05, 0.1) is 16.8 Å². The molecule has 0 radical (unpaired) electrons. The van der Waals surface area contributed by atoms with Gasteiger partial charge in [0.1, 0.15) is 6.54 Å².